The van der Waals surface area contributed by atoms with Crippen molar-refractivity contribution in [3.05, 3.63) is 0 Å². The maximum absolute atomic E-state index is 5.70. The van der Waals surface area contributed by atoms with Gasteiger partial charge in [0.15, 0.2) is 0 Å². The van der Waals surface area contributed by atoms with Gasteiger partial charge in [0.05, 0.1) is 19.8 Å². The minimum absolute atomic E-state index is 0.497. The van der Waals surface area contributed by atoms with Crippen LogP contribution in [0.4, 0.5) is 0 Å². The second-order valence-corrected chi connectivity index (χ2v) is 3.77. The second kappa shape index (κ2) is 10.0. The van der Waals surface area contributed by atoms with Crippen LogP contribution in [0.25, 0.3) is 0 Å². The average Bonchev–Trinajstić information content (AvgIpc) is 2.31. The van der Waals surface area contributed by atoms with E-state index in [1.54, 1.807) is 0 Å². The topological polar surface area (TPSA) is 53.7 Å². The third kappa shape index (κ3) is 6.43. The van der Waals surface area contributed by atoms with E-state index >= 15 is 0 Å². The van der Waals surface area contributed by atoms with Gasteiger partial charge in [-0.1, -0.05) is 20.8 Å². The van der Waals surface area contributed by atoms with E-state index in [0.717, 1.165) is 19.3 Å². The zero-order chi connectivity index (χ0) is 12.3. The lowest BCUT2D eigenvalue weighted by atomic mass is 10.3. The Balaban J connectivity index is 4.32. The molecule has 0 fully saturated rings. The van der Waals surface area contributed by atoms with Gasteiger partial charge in [0.1, 0.15) is 0 Å². The van der Waals surface area contributed by atoms with E-state index in [1.807, 2.05) is 0 Å². The molecule has 0 amide bonds. The van der Waals surface area contributed by atoms with Crippen molar-refractivity contribution in [2.75, 3.05) is 26.4 Å². The van der Waals surface area contributed by atoms with Gasteiger partial charge in [0.2, 0.25) is 0 Å². The first-order chi connectivity index (χ1) is 7.74. The Kier molecular flexibility index (Phi) is 9.92. The van der Waals surface area contributed by atoms with Gasteiger partial charge in [-0.15, -0.1) is 0 Å². The van der Waals surface area contributed by atoms with E-state index in [4.69, 9.17) is 19.9 Å². The first kappa shape index (κ1) is 15.8. The monoisotopic (exact) mass is 233 g/mol. The minimum atomic E-state index is -0.920. The fourth-order valence-electron chi connectivity index (χ4n) is 1.29. The third-order valence-electron chi connectivity index (χ3n) is 2.03. The van der Waals surface area contributed by atoms with Gasteiger partial charge in [-0.2, -0.15) is 0 Å². The van der Waals surface area contributed by atoms with Crippen LogP contribution in [0.2, 0.25) is 0 Å². The molecule has 0 spiro atoms. The van der Waals surface area contributed by atoms with Crippen molar-refractivity contribution in [2.45, 2.75) is 52.4 Å². The lowest BCUT2D eigenvalue weighted by Gasteiger charge is -2.33. The molecule has 0 aliphatic heterocycles. The fourth-order valence-corrected chi connectivity index (χ4v) is 1.29. The highest BCUT2D eigenvalue weighted by Gasteiger charge is 2.32. The van der Waals surface area contributed by atoms with Gasteiger partial charge in [0.25, 0.3) is 5.97 Å². The summed E-state index contributed by atoms with van der Waals surface area (Å²) in [6.45, 7) is 8.58. The molecule has 0 heterocycles. The van der Waals surface area contributed by atoms with Crippen molar-refractivity contribution in [1.29, 1.82) is 0 Å². The lowest BCUT2D eigenvalue weighted by molar-refractivity contribution is -0.382. The molecule has 0 aliphatic rings. The Morgan fingerprint density at radius 1 is 0.812 bits per heavy atom. The molecule has 0 aromatic carbocycles. The minimum Gasteiger partial charge on any atom is -0.330 e. The van der Waals surface area contributed by atoms with E-state index in [0.29, 0.717) is 32.8 Å². The zero-order valence-electron chi connectivity index (χ0n) is 11.0. The van der Waals surface area contributed by atoms with E-state index in [2.05, 4.69) is 20.8 Å². The summed E-state index contributed by atoms with van der Waals surface area (Å²) >= 11 is 0. The van der Waals surface area contributed by atoms with Crippen LogP contribution in [-0.4, -0.2) is 32.3 Å². The second-order valence-electron chi connectivity index (χ2n) is 3.77. The van der Waals surface area contributed by atoms with Crippen molar-refractivity contribution >= 4 is 0 Å². The predicted molar refractivity (Wildman–Crippen MR) is 65.1 cm³/mol. The van der Waals surface area contributed by atoms with Crippen LogP contribution >= 0.6 is 0 Å². The van der Waals surface area contributed by atoms with Gasteiger partial charge < -0.3 is 19.9 Å². The van der Waals surface area contributed by atoms with Crippen molar-refractivity contribution in [1.82, 2.24) is 0 Å². The summed E-state index contributed by atoms with van der Waals surface area (Å²) in [6.07, 6.45) is 3.40. The lowest BCUT2D eigenvalue weighted by Crippen LogP contribution is -2.42. The molecule has 4 heteroatoms. The molecular formula is C12H27NO3. The van der Waals surface area contributed by atoms with E-state index < -0.39 is 5.97 Å². The number of hydrogen-bond acceptors (Lipinski definition) is 4. The van der Waals surface area contributed by atoms with Gasteiger partial charge >= 0.3 is 0 Å². The highest BCUT2D eigenvalue weighted by Crippen LogP contribution is 2.20. The first-order valence-corrected chi connectivity index (χ1v) is 6.36. The van der Waals surface area contributed by atoms with Crippen LogP contribution in [0.1, 0.15) is 46.5 Å². The van der Waals surface area contributed by atoms with Crippen LogP contribution in [-0.2, 0) is 14.2 Å². The summed E-state index contributed by atoms with van der Waals surface area (Å²) in [7, 11) is 0. The van der Waals surface area contributed by atoms with Crippen LogP contribution in [0.15, 0.2) is 0 Å². The first-order valence-electron chi connectivity index (χ1n) is 6.36. The summed E-state index contributed by atoms with van der Waals surface area (Å²) < 4.78 is 17.1. The number of ether oxygens (including phenoxy) is 3. The Labute approximate surface area is 99.4 Å². The molecule has 0 saturated carbocycles. The highest BCUT2D eigenvalue weighted by atomic mass is 16.9. The Morgan fingerprint density at radius 3 is 1.44 bits per heavy atom. The van der Waals surface area contributed by atoms with Crippen molar-refractivity contribution in [2.24, 2.45) is 5.73 Å². The Bertz CT molecular complexity index is 131. The average molecular weight is 233 g/mol. The molecule has 0 unspecified atom stereocenters. The standard InChI is InChI=1S/C12H27NO3/c1-4-9-14-12(7-8-13,15-10-5-2)16-11-6-3/h4-11,13H2,1-3H3. The van der Waals surface area contributed by atoms with Crippen LogP contribution in [0, 0.1) is 0 Å². The van der Waals surface area contributed by atoms with Crippen molar-refractivity contribution < 1.29 is 14.2 Å². The van der Waals surface area contributed by atoms with Gasteiger partial charge in [-0.3, -0.25) is 0 Å². The van der Waals surface area contributed by atoms with Gasteiger partial charge in [0, 0.05) is 13.0 Å². The number of nitrogens with two attached hydrogens (primary N) is 1. The fraction of sp³-hybridized carbons (Fsp3) is 1.00. The Morgan fingerprint density at radius 2 is 1.19 bits per heavy atom. The number of rotatable bonds is 11. The SMILES string of the molecule is CCCOC(CCN)(OCCC)OCCC. The van der Waals surface area contributed by atoms with Crippen molar-refractivity contribution in [3.8, 4) is 0 Å². The van der Waals surface area contributed by atoms with Crippen LogP contribution in [0.5, 0.6) is 0 Å². The van der Waals surface area contributed by atoms with Crippen LogP contribution in [0.3, 0.4) is 0 Å². The molecule has 0 bridgehead atoms. The molecule has 0 aromatic rings. The summed E-state index contributed by atoms with van der Waals surface area (Å²) in [5.41, 5.74) is 5.59. The molecule has 0 radical (unpaired) electrons. The third-order valence-corrected chi connectivity index (χ3v) is 2.03. The van der Waals surface area contributed by atoms with Gasteiger partial charge in [-0.25, -0.2) is 0 Å². The summed E-state index contributed by atoms with van der Waals surface area (Å²) in [5, 5.41) is 0. The molecule has 0 rings (SSSR count). The van der Waals surface area contributed by atoms with Crippen molar-refractivity contribution in [3.63, 3.8) is 0 Å². The van der Waals surface area contributed by atoms with E-state index in [-0.39, 0.29) is 0 Å². The normalized spacial score (nSPS) is 12.0. The molecular weight excluding hydrogens is 206 g/mol. The molecule has 98 valence electrons. The molecule has 16 heavy (non-hydrogen) atoms. The van der Waals surface area contributed by atoms with E-state index in [9.17, 15) is 0 Å². The molecule has 0 aromatic heterocycles. The summed E-state index contributed by atoms with van der Waals surface area (Å²) in [6, 6.07) is 0. The molecule has 0 saturated heterocycles. The summed E-state index contributed by atoms with van der Waals surface area (Å²) in [5.74, 6) is -0.920. The molecule has 2 N–H and O–H groups in total. The zero-order valence-corrected chi connectivity index (χ0v) is 11.0. The predicted octanol–water partition coefficient (Wildman–Crippen LogP) is 2.27. The van der Waals surface area contributed by atoms with Gasteiger partial charge in [-0.05, 0) is 19.3 Å². The smallest absolute Gasteiger partial charge is 0.284 e. The highest BCUT2D eigenvalue weighted by molar-refractivity contribution is 4.59. The number of hydrogen-bond donors (Lipinski definition) is 1. The maximum Gasteiger partial charge on any atom is 0.284 e. The Hall–Kier alpha value is -0.160. The molecule has 0 aliphatic carbocycles. The molecule has 0 atom stereocenters. The molecule has 4 nitrogen and oxygen atoms in total. The maximum atomic E-state index is 5.70. The summed E-state index contributed by atoms with van der Waals surface area (Å²) in [4.78, 5) is 0. The van der Waals surface area contributed by atoms with E-state index in [1.165, 1.54) is 0 Å². The quantitative estimate of drug-likeness (QED) is 0.556. The largest absolute Gasteiger partial charge is 0.330 e. The van der Waals surface area contributed by atoms with Crippen LogP contribution < -0.4 is 5.73 Å².